The zero-order valence-electron chi connectivity index (χ0n) is 12.7. The first-order valence-corrected chi connectivity index (χ1v) is 8.54. The van der Waals surface area contributed by atoms with Gasteiger partial charge in [0.15, 0.2) is 0 Å². The maximum atomic E-state index is 11.7. The van der Waals surface area contributed by atoms with Crippen LogP contribution in [-0.4, -0.2) is 37.0 Å². The highest BCUT2D eigenvalue weighted by molar-refractivity contribution is 6.35. The maximum absolute atomic E-state index is 11.7. The molecule has 1 fully saturated rings. The maximum Gasteiger partial charge on any atom is 0.243 e. The van der Waals surface area contributed by atoms with Crippen molar-refractivity contribution in [1.82, 2.24) is 10.2 Å². The van der Waals surface area contributed by atoms with E-state index in [2.05, 4.69) is 10.2 Å². The van der Waals surface area contributed by atoms with Crippen LogP contribution in [0.4, 0.5) is 0 Å². The molecule has 0 aliphatic carbocycles. The van der Waals surface area contributed by atoms with Crippen LogP contribution in [0.5, 0.6) is 0 Å². The Hall–Kier alpha value is -1.03. The number of likely N-dealkylation sites (tertiary alicyclic amines) is 1. The summed E-state index contributed by atoms with van der Waals surface area (Å²) in [5.74, 6) is -0.0906. The van der Waals surface area contributed by atoms with Gasteiger partial charge in [-0.1, -0.05) is 29.3 Å². The van der Waals surface area contributed by atoms with Gasteiger partial charge in [-0.05, 0) is 69.1 Å². The summed E-state index contributed by atoms with van der Waals surface area (Å²) in [7, 11) is 0. The normalized spacial score (nSPS) is 15.5. The van der Waals surface area contributed by atoms with Crippen LogP contribution in [0.3, 0.4) is 0 Å². The molecule has 1 saturated heterocycles. The summed E-state index contributed by atoms with van der Waals surface area (Å²) in [5, 5.41) is 4.03. The topological polar surface area (TPSA) is 32.3 Å². The van der Waals surface area contributed by atoms with E-state index in [-0.39, 0.29) is 5.91 Å². The minimum atomic E-state index is -0.0906. The Morgan fingerprint density at radius 2 is 2.00 bits per heavy atom. The molecule has 0 aromatic heterocycles. The minimum Gasteiger partial charge on any atom is -0.353 e. The predicted molar refractivity (Wildman–Crippen MR) is 93.4 cm³/mol. The summed E-state index contributed by atoms with van der Waals surface area (Å²) in [5.41, 5.74) is 0.787. The first-order valence-electron chi connectivity index (χ1n) is 7.78. The Labute approximate surface area is 142 Å². The summed E-state index contributed by atoms with van der Waals surface area (Å²) in [4.78, 5) is 14.2. The molecule has 0 radical (unpaired) electrons. The van der Waals surface area contributed by atoms with Crippen molar-refractivity contribution in [1.29, 1.82) is 0 Å². The molecule has 0 spiro atoms. The Kier molecular flexibility index (Phi) is 7.23. The lowest BCUT2D eigenvalue weighted by molar-refractivity contribution is -0.116. The largest absolute Gasteiger partial charge is 0.353 e. The third-order valence-electron chi connectivity index (χ3n) is 3.78. The van der Waals surface area contributed by atoms with Crippen LogP contribution in [0, 0.1) is 0 Å². The molecular formula is C17H22Cl2N2O. The van der Waals surface area contributed by atoms with Crippen molar-refractivity contribution in [2.75, 3.05) is 26.2 Å². The smallest absolute Gasteiger partial charge is 0.243 e. The number of hydrogen-bond acceptors (Lipinski definition) is 2. The Morgan fingerprint density at radius 1 is 1.23 bits per heavy atom. The van der Waals surface area contributed by atoms with Crippen molar-refractivity contribution in [3.8, 4) is 0 Å². The van der Waals surface area contributed by atoms with Gasteiger partial charge in [0.1, 0.15) is 0 Å². The molecule has 22 heavy (non-hydrogen) atoms. The van der Waals surface area contributed by atoms with Gasteiger partial charge in [0, 0.05) is 22.7 Å². The van der Waals surface area contributed by atoms with Crippen LogP contribution in [0.15, 0.2) is 24.3 Å². The van der Waals surface area contributed by atoms with Crippen LogP contribution in [0.1, 0.15) is 31.2 Å². The summed E-state index contributed by atoms with van der Waals surface area (Å²) in [6.07, 6.45) is 8.02. The van der Waals surface area contributed by atoms with Crippen molar-refractivity contribution in [2.45, 2.75) is 25.7 Å². The summed E-state index contributed by atoms with van der Waals surface area (Å²) in [6, 6.07) is 5.22. The number of carbonyl (C=O) groups is 1. The Bertz CT molecular complexity index is 525. The van der Waals surface area contributed by atoms with Crippen molar-refractivity contribution in [2.24, 2.45) is 0 Å². The SMILES string of the molecule is O=C(/C=C/c1ccc(Cl)cc1Cl)NCCCCN1CCCC1. The lowest BCUT2D eigenvalue weighted by Gasteiger charge is -2.13. The van der Waals surface area contributed by atoms with Crippen molar-refractivity contribution in [3.05, 3.63) is 39.9 Å². The molecule has 2 rings (SSSR count). The Morgan fingerprint density at radius 3 is 2.73 bits per heavy atom. The molecule has 0 saturated carbocycles. The van der Waals surface area contributed by atoms with Crippen molar-refractivity contribution >= 4 is 35.2 Å². The van der Waals surface area contributed by atoms with Gasteiger partial charge in [0.2, 0.25) is 5.91 Å². The molecule has 0 bridgehead atoms. The van der Waals surface area contributed by atoms with Crippen LogP contribution in [0.25, 0.3) is 6.08 Å². The van der Waals surface area contributed by atoms with E-state index in [1.807, 2.05) is 0 Å². The third-order valence-corrected chi connectivity index (χ3v) is 4.34. The van der Waals surface area contributed by atoms with Crippen LogP contribution in [0.2, 0.25) is 10.0 Å². The zero-order valence-corrected chi connectivity index (χ0v) is 14.2. The summed E-state index contributed by atoms with van der Waals surface area (Å²) in [6.45, 7) is 4.32. The first-order chi connectivity index (χ1) is 10.6. The molecule has 120 valence electrons. The average molecular weight is 341 g/mol. The molecule has 1 aliphatic heterocycles. The quantitative estimate of drug-likeness (QED) is 0.601. The second kappa shape index (κ2) is 9.19. The second-order valence-corrected chi connectivity index (χ2v) is 6.39. The molecule has 1 aliphatic rings. The number of amides is 1. The monoisotopic (exact) mass is 340 g/mol. The van der Waals surface area contributed by atoms with Crippen molar-refractivity contribution < 1.29 is 4.79 Å². The molecule has 1 amide bonds. The second-order valence-electron chi connectivity index (χ2n) is 5.55. The van der Waals surface area contributed by atoms with Gasteiger partial charge in [-0.25, -0.2) is 0 Å². The number of carbonyl (C=O) groups excluding carboxylic acids is 1. The molecule has 0 atom stereocenters. The van der Waals surface area contributed by atoms with Crippen LogP contribution in [-0.2, 0) is 4.79 Å². The van der Waals surface area contributed by atoms with Crippen LogP contribution < -0.4 is 5.32 Å². The zero-order chi connectivity index (χ0) is 15.8. The van der Waals surface area contributed by atoms with E-state index in [0.29, 0.717) is 16.6 Å². The number of rotatable bonds is 7. The fourth-order valence-electron chi connectivity index (χ4n) is 2.54. The van der Waals surface area contributed by atoms with Gasteiger partial charge in [-0.15, -0.1) is 0 Å². The highest BCUT2D eigenvalue weighted by atomic mass is 35.5. The van der Waals surface area contributed by atoms with E-state index < -0.39 is 0 Å². The van der Waals surface area contributed by atoms with E-state index >= 15 is 0 Å². The van der Waals surface area contributed by atoms with Gasteiger partial charge < -0.3 is 10.2 Å². The van der Waals surface area contributed by atoms with E-state index in [1.165, 1.54) is 32.0 Å². The van der Waals surface area contributed by atoms with E-state index in [9.17, 15) is 4.79 Å². The highest BCUT2D eigenvalue weighted by Gasteiger charge is 2.09. The average Bonchev–Trinajstić information content (AvgIpc) is 2.99. The lowest BCUT2D eigenvalue weighted by atomic mass is 10.2. The van der Waals surface area contributed by atoms with Gasteiger partial charge >= 0.3 is 0 Å². The molecule has 1 N–H and O–H groups in total. The van der Waals surface area contributed by atoms with E-state index in [4.69, 9.17) is 23.2 Å². The number of benzene rings is 1. The molecule has 0 unspecified atom stereocenters. The molecule has 3 nitrogen and oxygen atoms in total. The number of nitrogens with one attached hydrogen (secondary N) is 1. The van der Waals surface area contributed by atoms with Gasteiger partial charge in [0.05, 0.1) is 0 Å². The van der Waals surface area contributed by atoms with Crippen molar-refractivity contribution in [3.63, 3.8) is 0 Å². The first kappa shape index (κ1) is 17.3. The van der Waals surface area contributed by atoms with Gasteiger partial charge in [-0.3, -0.25) is 4.79 Å². The molecule has 5 heteroatoms. The summed E-state index contributed by atoms with van der Waals surface area (Å²) < 4.78 is 0. The predicted octanol–water partition coefficient (Wildman–Crippen LogP) is 4.00. The summed E-state index contributed by atoms with van der Waals surface area (Å²) >= 11 is 11.9. The minimum absolute atomic E-state index is 0.0906. The number of nitrogens with zero attached hydrogens (tertiary/aromatic N) is 1. The molecular weight excluding hydrogens is 319 g/mol. The fourth-order valence-corrected chi connectivity index (χ4v) is 3.01. The molecule has 1 aromatic carbocycles. The lowest BCUT2D eigenvalue weighted by Crippen LogP contribution is -2.24. The van der Waals surface area contributed by atoms with Gasteiger partial charge in [0.25, 0.3) is 0 Å². The number of hydrogen-bond donors (Lipinski definition) is 1. The van der Waals surface area contributed by atoms with Gasteiger partial charge in [-0.2, -0.15) is 0 Å². The Balaban J connectivity index is 1.63. The highest BCUT2D eigenvalue weighted by Crippen LogP contribution is 2.21. The number of halogens is 2. The van der Waals surface area contributed by atoms with E-state index in [1.54, 1.807) is 24.3 Å². The van der Waals surface area contributed by atoms with E-state index in [0.717, 1.165) is 24.9 Å². The number of unbranched alkanes of at least 4 members (excludes halogenated alkanes) is 1. The molecule has 1 aromatic rings. The standard InChI is InChI=1S/C17H22Cl2N2O/c18-15-7-5-14(16(19)13-15)6-8-17(22)20-9-1-2-10-21-11-3-4-12-21/h5-8,13H,1-4,9-12H2,(H,20,22)/b8-6+. The fraction of sp³-hybridized carbons (Fsp3) is 0.471. The molecule has 1 heterocycles. The van der Waals surface area contributed by atoms with Crippen LogP contribution >= 0.6 is 23.2 Å². The third kappa shape index (κ3) is 5.99.